The fraction of sp³-hybridized carbons (Fsp3) is 0.593. The average molecular weight is 816 g/mol. The molecular formula is C54H80N2Ni. The molecule has 0 atom stereocenters. The molecule has 0 saturated heterocycles. The van der Waals surface area contributed by atoms with Gasteiger partial charge in [0.1, 0.15) is 0 Å². The van der Waals surface area contributed by atoms with Gasteiger partial charge in [-0.2, -0.15) is 0 Å². The van der Waals surface area contributed by atoms with Crippen LogP contribution in [0.1, 0.15) is 217 Å². The van der Waals surface area contributed by atoms with Crippen molar-refractivity contribution < 1.29 is 19.1 Å². The van der Waals surface area contributed by atoms with Gasteiger partial charge in [0.15, 0.2) is 0 Å². The van der Waals surface area contributed by atoms with Gasteiger partial charge in [-0.25, -0.2) is 4.70 Å². The molecule has 3 heteroatoms. The molecule has 0 bridgehead atoms. The summed E-state index contributed by atoms with van der Waals surface area (Å²) in [6.45, 7) is 17.3. The number of benzene rings is 2. The number of nitrogens with zero attached hydrogens (tertiary/aromatic N) is 2. The predicted octanol–water partition coefficient (Wildman–Crippen LogP) is 16.5. The van der Waals surface area contributed by atoms with Crippen molar-refractivity contribution in [2.75, 3.05) is 0 Å². The zero-order valence-corrected chi connectivity index (χ0v) is 38.8. The fourth-order valence-corrected chi connectivity index (χ4v) is 8.01. The summed E-state index contributed by atoms with van der Waals surface area (Å²) in [7, 11) is 0. The van der Waals surface area contributed by atoms with Crippen molar-refractivity contribution in [2.24, 2.45) is 0 Å². The van der Waals surface area contributed by atoms with Crippen LogP contribution in [0.2, 0.25) is 0 Å². The third-order valence-electron chi connectivity index (χ3n) is 10.8. The van der Waals surface area contributed by atoms with Gasteiger partial charge < -0.3 is 5.53 Å². The van der Waals surface area contributed by atoms with Crippen LogP contribution in [0.25, 0.3) is 16.9 Å². The van der Waals surface area contributed by atoms with E-state index in [0.29, 0.717) is 0 Å². The third-order valence-corrected chi connectivity index (χ3v) is 11.5. The molecule has 3 rings (SSSR count). The van der Waals surface area contributed by atoms with E-state index in [2.05, 4.69) is 112 Å². The van der Waals surface area contributed by atoms with Gasteiger partial charge in [-0.3, -0.25) is 0 Å². The molecule has 2 aromatic rings. The number of rotatable bonds is 27. The van der Waals surface area contributed by atoms with E-state index in [9.17, 15) is 5.53 Å². The van der Waals surface area contributed by atoms with Crippen molar-refractivity contribution in [3.63, 3.8) is 0 Å². The first-order valence-corrected chi connectivity index (χ1v) is 24.2. The largest absolute Gasteiger partial charge is 0.493 e. The summed E-state index contributed by atoms with van der Waals surface area (Å²) in [6.07, 6.45) is 33.6. The second-order valence-corrected chi connectivity index (χ2v) is 16.6. The topological polar surface area (TPSA) is 25.3 Å². The van der Waals surface area contributed by atoms with Crippen molar-refractivity contribution in [2.45, 2.75) is 209 Å². The Balaban J connectivity index is 0.00000146. The summed E-state index contributed by atoms with van der Waals surface area (Å²) in [5.41, 5.74) is 25.2. The summed E-state index contributed by atoms with van der Waals surface area (Å²) in [4.78, 5) is 5.53. The van der Waals surface area contributed by atoms with Crippen LogP contribution in [0.5, 0.6) is 0 Å². The van der Waals surface area contributed by atoms with Crippen LogP contribution >= 0.6 is 0 Å². The smallest absolute Gasteiger partial charge is 0.215 e. The average Bonchev–Trinajstić information content (AvgIpc) is 3.50. The molecule has 1 aliphatic rings. The summed E-state index contributed by atoms with van der Waals surface area (Å²) in [5.74, 6) is 5.44. The number of unbranched alkanes of at least 4 members (excludes halogenated alkanes) is 13. The van der Waals surface area contributed by atoms with Crippen molar-refractivity contribution in [1.82, 2.24) is 0 Å². The molecule has 0 aromatic heterocycles. The molecule has 0 spiro atoms. The quantitative estimate of drug-likeness (QED) is 0.0372. The first-order valence-electron chi connectivity index (χ1n) is 23.2. The Bertz CT molecular complexity index is 1660. The number of aryl methyl sites for hydroxylation is 4. The molecule has 0 N–H and O–H groups in total. The van der Waals surface area contributed by atoms with Gasteiger partial charge >= 0.3 is 49.9 Å². The number of hydrogen-bond acceptors (Lipinski definition) is 0. The Kier molecular flexibility index (Phi) is 27.9. The first-order chi connectivity index (χ1) is 27.9. The zero-order chi connectivity index (χ0) is 41.5. The molecule has 2 aromatic carbocycles. The Morgan fingerprint density at radius 3 is 1.32 bits per heavy atom. The van der Waals surface area contributed by atoms with E-state index < -0.39 is 0 Å². The van der Waals surface area contributed by atoms with Gasteiger partial charge in [-0.15, -0.1) is 0 Å². The third kappa shape index (κ3) is 19.0. The SMILES string of the molecule is CC#[C][Ni][C]#CC.CCC=CC1=C(c2cc(CCCC)cc(CCCCCC)c2)[N+](=[N-])C(c2cc(CCCC)cc(CCCCCC)c2)=C1CCCCCCCC. The van der Waals surface area contributed by atoms with E-state index in [1.807, 2.05) is 0 Å². The molecular weight excluding hydrogens is 735 g/mol. The maximum absolute atomic E-state index is 12.6. The zero-order valence-electron chi connectivity index (χ0n) is 37.8. The molecule has 0 fully saturated rings. The van der Waals surface area contributed by atoms with E-state index in [1.54, 1.807) is 18.5 Å². The Morgan fingerprint density at radius 2 is 0.877 bits per heavy atom. The van der Waals surface area contributed by atoms with Crippen LogP contribution in [-0.2, 0) is 40.1 Å². The summed E-state index contributed by atoms with van der Waals surface area (Å²) < 4.78 is 1.63. The van der Waals surface area contributed by atoms with Gasteiger partial charge in [0.05, 0.1) is 5.57 Å². The second-order valence-electron chi connectivity index (χ2n) is 15.9. The standard InChI is InChI=1S/C48H74N2.2C3H3.Ni/c1-7-13-19-22-23-26-32-46-45(31-18-12-6)47(43-35-39(27-16-10-4)33-41(37-43)29-24-20-14-8-2)50(49)48(46)44-36-40(28-17-11-5)34-42(38-44)30-25-21-15-9-3;2*1-3-2;/h18,31,33-38H,7-17,19-30,32H2,1-6H3;2*1H3;. The van der Waals surface area contributed by atoms with E-state index in [-0.39, 0.29) is 0 Å². The first kappa shape index (κ1) is 50.0. The summed E-state index contributed by atoms with van der Waals surface area (Å²) in [6, 6.07) is 14.5. The van der Waals surface area contributed by atoms with Crippen molar-refractivity contribution in [3.8, 4) is 21.6 Å². The van der Waals surface area contributed by atoms with Crippen molar-refractivity contribution in [3.05, 3.63) is 98.6 Å². The molecule has 57 heavy (non-hydrogen) atoms. The molecule has 316 valence electrons. The van der Waals surface area contributed by atoms with E-state index >= 15 is 0 Å². The van der Waals surface area contributed by atoms with Crippen LogP contribution in [0.15, 0.2) is 59.7 Å². The minimum atomic E-state index is 0.982. The molecule has 2 nitrogen and oxygen atoms in total. The van der Waals surface area contributed by atoms with Crippen LogP contribution in [0, 0.1) is 21.6 Å². The molecule has 0 unspecified atom stereocenters. The fourth-order valence-electron chi connectivity index (χ4n) is 7.70. The predicted molar refractivity (Wildman–Crippen MR) is 248 cm³/mol. The van der Waals surface area contributed by atoms with Gasteiger partial charge in [-0.1, -0.05) is 149 Å². The summed E-state index contributed by atoms with van der Waals surface area (Å²) >= 11 is 1.18. The number of hydrogen-bond donors (Lipinski definition) is 0. The second kappa shape index (κ2) is 31.8. The van der Waals surface area contributed by atoms with Crippen LogP contribution < -0.4 is 0 Å². The van der Waals surface area contributed by atoms with Gasteiger partial charge in [-0.05, 0) is 117 Å². The minimum absolute atomic E-state index is 0.982. The minimum Gasteiger partial charge on any atom is -0.493 e. The van der Waals surface area contributed by atoms with Crippen molar-refractivity contribution >= 4 is 11.4 Å². The molecule has 1 heterocycles. The molecule has 1 aliphatic heterocycles. The molecule has 0 aliphatic carbocycles. The normalized spacial score (nSPS) is 12.5. The van der Waals surface area contributed by atoms with Gasteiger partial charge in [0, 0.05) is 16.7 Å². The Labute approximate surface area is 358 Å². The van der Waals surface area contributed by atoms with Gasteiger partial charge in [0.2, 0.25) is 11.4 Å². The van der Waals surface area contributed by atoms with Crippen LogP contribution in [0.3, 0.4) is 0 Å². The Hall–Kier alpha value is -3.13. The monoisotopic (exact) mass is 815 g/mol. The van der Waals surface area contributed by atoms with E-state index in [0.717, 1.165) is 56.3 Å². The van der Waals surface area contributed by atoms with Crippen molar-refractivity contribution in [1.29, 1.82) is 0 Å². The van der Waals surface area contributed by atoms with Gasteiger partial charge in [0.25, 0.3) is 0 Å². The van der Waals surface area contributed by atoms with E-state index in [1.165, 1.54) is 168 Å². The van der Waals surface area contributed by atoms with E-state index in [4.69, 9.17) is 0 Å². The Morgan fingerprint density at radius 1 is 0.491 bits per heavy atom. The van der Waals surface area contributed by atoms with Crippen LogP contribution in [-0.4, -0.2) is 4.70 Å². The maximum Gasteiger partial charge on any atom is 0.215 e. The number of allylic oxidation sites excluding steroid dienone is 4. The molecule has 0 amide bonds. The molecule has 0 radical (unpaired) electrons. The molecule has 0 saturated carbocycles. The maximum atomic E-state index is 12.6. The summed E-state index contributed by atoms with van der Waals surface area (Å²) in [5, 5.41) is 0. The van der Waals surface area contributed by atoms with Crippen LogP contribution in [0.4, 0.5) is 0 Å².